The number of aryl methyl sites for hydroxylation is 2. The SMILES string of the molecule is CCc1nn(CC)c(CC(CCl)c2cccc(Cl)c2)c1Br. The predicted octanol–water partition coefficient (Wildman–Crippen LogP) is 5.45. The van der Waals surface area contributed by atoms with E-state index < -0.39 is 0 Å². The zero-order valence-corrected chi connectivity index (χ0v) is 15.3. The fourth-order valence-corrected chi connectivity index (χ4v) is 3.68. The Morgan fingerprint density at radius 2 is 2.10 bits per heavy atom. The standard InChI is InChI=1S/C16H19BrCl2N2/c1-3-14-16(17)15(21(4-2)20-14)9-12(10-18)11-6-5-7-13(19)8-11/h5-8,12H,3-4,9-10H2,1-2H3. The second-order valence-electron chi connectivity index (χ2n) is 4.99. The molecule has 2 rings (SSSR count). The average Bonchev–Trinajstić information content (AvgIpc) is 2.80. The highest BCUT2D eigenvalue weighted by atomic mass is 79.9. The highest BCUT2D eigenvalue weighted by molar-refractivity contribution is 9.10. The lowest BCUT2D eigenvalue weighted by atomic mass is 9.96. The van der Waals surface area contributed by atoms with Crippen LogP contribution < -0.4 is 0 Å². The minimum Gasteiger partial charge on any atom is -0.268 e. The third kappa shape index (κ3) is 3.82. The Kier molecular flexibility index (Phi) is 6.15. The molecule has 1 aromatic carbocycles. The molecule has 21 heavy (non-hydrogen) atoms. The van der Waals surface area contributed by atoms with Crippen molar-refractivity contribution >= 4 is 39.1 Å². The summed E-state index contributed by atoms with van der Waals surface area (Å²) in [7, 11) is 0. The van der Waals surface area contributed by atoms with Gasteiger partial charge in [-0.15, -0.1) is 11.6 Å². The molecule has 0 N–H and O–H groups in total. The van der Waals surface area contributed by atoms with Gasteiger partial charge in [0.2, 0.25) is 0 Å². The van der Waals surface area contributed by atoms with Crippen LogP contribution in [0.2, 0.25) is 5.02 Å². The molecule has 0 amide bonds. The first-order chi connectivity index (χ1) is 10.1. The van der Waals surface area contributed by atoms with E-state index in [2.05, 4.69) is 45.6 Å². The van der Waals surface area contributed by atoms with Gasteiger partial charge < -0.3 is 0 Å². The molecule has 0 spiro atoms. The molecular weight excluding hydrogens is 371 g/mol. The van der Waals surface area contributed by atoms with Gasteiger partial charge in [-0.2, -0.15) is 5.10 Å². The van der Waals surface area contributed by atoms with Crippen molar-refractivity contribution < 1.29 is 0 Å². The summed E-state index contributed by atoms with van der Waals surface area (Å²) in [5, 5.41) is 5.40. The number of aromatic nitrogens is 2. The van der Waals surface area contributed by atoms with E-state index in [0.29, 0.717) is 5.88 Å². The van der Waals surface area contributed by atoms with Crippen LogP contribution in [0.25, 0.3) is 0 Å². The molecule has 1 unspecified atom stereocenters. The molecule has 2 aromatic rings. The van der Waals surface area contributed by atoms with Gasteiger partial charge in [-0.1, -0.05) is 30.7 Å². The van der Waals surface area contributed by atoms with Crippen LogP contribution in [0.4, 0.5) is 0 Å². The van der Waals surface area contributed by atoms with Crippen LogP contribution in [-0.4, -0.2) is 15.7 Å². The monoisotopic (exact) mass is 388 g/mol. The first-order valence-electron chi connectivity index (χ1n) is 7.16. The Balaban J connectivity index is 2.32. The van der Waals surface area contributed by atoms with Gasteiger partial charge in [-0.3, -0.25) is 4.68 Å². The zero-order valence-electron chi connectivity index (χ0n) is 12.2. The van der Waals surface area contributed by atoms with Crippen LogP contribution in [0.1, 0.15) is 36.7 Å². The molecule has 0 aliphatic heterocycles. The number of halogens is 3. The summed E-state index contributed by atoms with van der Waals surface area (Å²) in [6.45, 7) is 5.09. The molecule has 114 valence electrons. The van der Waals surface area contributed by atoms with E-state index in [0.717, 1.165) is 34.6 Å². The van der Waals surface area contributed by atoms with Crippen molar-refractivity contribution in [3.63, 3.8) is 0 Å². The van der Waals surface area contributed by atoms with Gasteiger partial charge in [0.05, 0.1) is 15.9 Å². The van der Waals surface area contributed by atoms with Crippen molar-refractivity contribution in [2.45, 2.75) is 39.2 Å². The van der Waals surface area contributed by atoms with E-state index in [-0.39, 0.29) is 5.92 Å². The summed E-state index contributed by atoms with van der Waals surface area (Å²) in [6.07, 6.45) is 1.77. The molecule has 2 nitrogen and oxygen atoms in total. The Labute approximate surface area is 144 Å². The molecule has 5 heteroatoms. The van der Waals surface area contributed by atoms with Crippen LogP contribution in [0.5, 0.6) is 0 Å². The Morgan fingerprint density at radius 3 is 2.67 bits per heavy atom. The van der Waals surface area contributed by atoms with Gasteiger partial charge in [-0.25, -0.2) is 0 Å². The molecule has 0 aliphatic rings. The maximum Gasteiger partial charge on any atom is 0.0766 e. The highest BCUT2D eigenvalue weighted by Crippen LogP contribution is 2.30. The van der Waals surface area contributed by atoms with Gasteiger partial charge >= 0.3 is 0 Å². The second kappa shape index (κ2) is 7.66. The molecule has 1 aromatic heterocycles. The summed E-state index contributed by atoms with van der Waals surface area (Å²) in [6, 6.07) is 7.94. The van der Waals surface area contributed by atoms with Crippen molar-refractivity contribution in [1.82, 2.24) is 9.78 Å². The van der Waals surface area contributed by atoms with E-state index in [4.69, 9.17) is 23.2 Å². The van der Waals surface area contributed by atoms with Crippen molar-refractivity contribution in [1.29, 1.82) is 0 Å². The van der Waals surface area contributed by atoms with Crippen molar-refractivity contribution in [3.8, 4) is 0 Å². The van der Waals surface area contributed by atoms with E-state index in [9.17, 15) is 0 Å². The van der Waals surface area contributed by atoms with Crippen LogP contribution in [0.3, 0.4) is 0 Å². The van der Waals surface area contributed by atoms with Crippen LogP contribution in [0, 0.1) is 0 Å². The lowest BCUT2D eigenvalue weighted by Crippen LogP contribution is -2.10. The number of hydrogen-bond donors (Lipinski definition) is 0. The first-order valence-corrected chi connectivity index (χ1v) is 8.86. The Hall–Kier alpha value is -0.510. The zero-order chi connectivity index (χ0) is 15.4. The summed E-state index contributed by atoms with van der Waals surface area (Å²) < 4.78 is 3.18. The van der Waals surface area contributed by atoms with Gasteiger partial charge in [0.25, 0.3) is 0 Å². The molecular formula is C16H19BrCl2N2. The lowest BCUT2D eigenvalue weighted by molar-refractivity contribution is 0.592. The normalized spacial score (nSPS) is 12.6. The number of hydrogen-bond acceptors (Lipinski definition) is 1. The highest BCUT2D eigenvalue weighted by Gasteiger charge is 2.19. The number of rotatable bonds is 6. The number of benzene rings is 1. The second-order valence-corrected chi connectivity index (χ2v) is 6.53. The van der Waals surface area contributed by atoms with Crippen molar-refractivity contribution in [3.05, 3.63) is 50.7 Å². The van der Waals surface area contributed by atoms with Crippen LogP contribution in [-0.2, 0) is 19.4 Å². The number of nitrogens with zero attached hydrogens (tertiary/aromatic N) is 2. The van der Waals surface area contributed by atoms with Crippen molar-refractivity contribution in [2.24, 2.45) is 0 Å². The molecule has 0 aliphatic carbocycles. The number of alkyl halides is 1. The topological polar surface area (TPSA) is 17.8 Å². The molecule has 1 atom stereocenters. The fourth-order valence-electron chi connectivity index (χ4n) is 2.47. The van der Waals surface area contributed by atoms with Crippen LogP contribution >= 0.6 is 39.1 Å². The molecule has 1 heterocycles. The van der Waals surface area contributed by atoms with Crippen molar-refractivity contribution in [2.75, 3.05) is 5.88 Å². The minimum atomic E-state index is 0.230. The third-order valence-electron chi connectivity index (χ3n) is 3.64. The van der Waals surface area contributed by atoms with Gasteiger partial charge in [0.15, 0.2) is 0 Å². The minimum absolute atomic E-state index is 0.230. The maximum atomic E-state index is 6.20. The summed E-state index contributed by atoms with van der Waals surface area (Å²) in [5.74, 6) is 0.789. The van der Waals surface area contributed by atoms with E-state index in [1.165, 1.54) is 11.3 Å². The summed E-state index contributed by atoms with van der Waals surface area (Å²) in [5.41, 5.74) is 3.48. The molecule has 0 fully saturated rings. The largest absolute Gasteiger partial charge is 0.268 e. The molecule has 0 saturated carbocycles. The maximum absolute atomic E-state index is 6.20. The Morgan fingerprint density at radius 1 is 1.33 bits per heavy atom. The molecule has 0 saturated heterocycles. The predicted molar refractivity (Wildman–Crippen MR) is 93.6 cm³/mol. The third-order valence-corrected chi connectivity index (χ3v) is 5.16. The first kappa shape index (κ1) is 16.9. The van der Waals surface area contributed by atoms with E-state index in [1.807, 2.05) is 18.2 Å². The van der Waals surface area contributed by atoms with Gasteiger partial charge in [0.1, 0.15) is 0 Å². The summed E-state index contributed by atoms with van der Waals surface area (Å²) >= 11 is 16.0. The molecule has 0 bridgehead atoms. The fraction of sp³-hybridized carbons (Fsp3) is 0.438. The van der Waals surface area contributed by atoms with E-state index >= 15 is 0 Å². The molecule has 0 radical (unpaired) electrons. The van der Waals surface area contributed by atoms with Crippen LogP contribution in [0.15, 0.2) is 28.7 Å². The van der Waals surface area contributed by atoms with Gasteiger partial charge in [0, 0.05) is 23.4 Å². The summed E-state index contributed by atoms with van der Waals surface area (Å²) in [4.78, 5) is 0. The smallest absolute Gasteiger partial charge is 0.0766 e. The lowest BCUT2D eigenvalue weighted by Gasteiger charge is -2.16. The van der Waals surface area contributed by atoms with E-state index in [1.54, 1.807) is 0 Å². The van der Waals surface area contributed by atoms with Gasteiger partial charge in [-0.05, 0) is 53.4 Å². The Bertz CT molecular complexity index is 610. The average molecular weight is 390 g/mol. The quantitative estimate of drug-likeness (QED) is 0.601.